The first kappa shape index (κ1) is 24.3. The van der Waals surface area contributed by atoms with Gasteiger partial charge < -0.3 is 25.2 Å². The number of carbonyl (C=O) groups excluding carboxylic acids is 2. The van der Waals surface area contributed by atoms with Gasteiger partial charge in [-0.25, -0.2) is 0 Å². The van der Waals surface area contributed by atoms with Crippen LogP contribution >= 0.6 is 11.6 Å². The van der Waals surface area contributed by atoms with E-state index in [0.717, 1.165) is 44.7 Å². The lowest BCUT2D eigenvalue weighted by atomic mass is 10.1. The summed E-state index contributed by atoms with van der Waals surface area (Å²) in [5.74, 6) is 0.160. The zero-order valence-electron chi connectivity index (χ0n) is 19.5. The number of nitrogens with one attached hydrogen (secondary N) is 2. The van der Waals surface area contributed by atoms with Crippen LogP contribution < -0.4 is 15.4 Å². The molecule has 0 unspecified atom stereocenters. The van der Waals surface area contributed by atoms with Gasteiger partial charge in [-0.15, -0.1) is 0 Å². The van der Waals surface area contributed by atoms with Crippen LogP contribution in [0.3, 0.4) is 0 Å². The van der Waals surface area contributed by atoms with E-state index in [1.165, 1.54) is 13.0 Å². The van der Waals surface area contributed by atoms with Crippen LogP contribution in [0.1, 0.15) is 35.7 Å². The molecule has 0 aromatic heterocycles. The lowest BCUT2D eigenvalue weighted by Gasteiger charge is -2.34. The fourth-order valence-electron chi connectivity index (χ4n) is 4.17. The van der Waals surface area contributed by atoms with Crippen molar-refractivity contribution >= 4 is 35.2 Å². The number of hydrogen-bond donors (Lipinski definition) is 2. The summed E-state index contributed by atoms with van der Waals surface area (Å²) < 4.78 is 5.78. The zero-order chi connectivity index (χ0) is 23.9. The van der Waals surface area contributed by atoms with Crippen LogP contribution in [0.2, 0.25) is 5.02 Å². The third-order valence-corrected chi connectivity index (χ3v) is 6.29. The number of nitrogens with zero attached hydrogens (tertiary/aromatic N) is 2. The summed E-state index contributed by atoms with van der Waals surface area (Å²) in [7, 11) is 0. The van der Waals surface area contributed by atoms with Gasteiger partial charge in [-0.3, -0.25) is 9.59 Å². The Hall–Kier alpha value is -2.87. The molecule has 0 aliphatic carbocycles. The predicted octanol–water partition coefficient (Wildman–Crippen LogP) is 3.86. The van der Waals surface area contributed by atoms with Crippen LogP contribution in [0.5, 0.6) is 5.75 Å². The quantitative estimate of drug-likeness (QED) is 0.441. The van der Waals surface area contributed by atoms with Crippen LogP contribution in [0.4, 0.5) is 5.69 Å². The second kappa shape index (κ2) is 11.5. The van der Waals surface area contributed by atoms with Crippen LogP contribution in [0.25, 0.3) is 6.08 Å². The highest BCUT2D eigenvalue weighted by atomic mass is 35.5. The molecule has 0 radical (unpaired) electrons. The van der Waals surface area contributed by atoms with Crippen molar-refractivity contribution in [1.29, 1.82) is 0 Å². The molecule has 4 rings (SSSR count). The normalized spacial score (nSPS) is 17.7. The van der Waals surface area contributed by atoms with E-state index >= 15 is 0 Å². The van der Waals surface area contributed by atoms with Crippen LogP contribution in [0.15, 0.2) is 48.2 Å². The molecule has 0 atom stereocenters. The van der Waals surface area contributed by atoms with Gasteiger partial charge in [0.25, 0.3) is 11.8 Å². The van der Waals surface area contributed by atoms with Crippen LogP contribution in [0, 0.1) is 0 Å². The van der Waals surface area contributed by atoms with Crippen LogP contribution in [-0.4, -0.2) is 67.4 Å². The molecule has 7 nitrogen and oxygen atoms in total. The number of carbonyl (C=O) groups is 2. The number of halogens is 1. The van der Waals surface area contributed by atoms with Crippen molar-refractivity contribution in [2.24, 2.45) is 0 Å². The molecular weight excluding hydrogens is 452 g/mol. The van der Waals surface area contributed by atoms with E-state index < -0.39 is 0 Å². The summed E-state index contributed by atoms with van der Waals surface area (Å²) >= 11 is 5.91. The lowest BCUT2D eigenvalue weighted by molar-refractivity contribution is -0.115. The number of anilines is 1. The standard InChI is InChI=1S/C26H31ClN4O3/c1-2-11-30-13-15-31(16-14-30)12-3-10-28-25(32)20-6-9-23-22(18-20)29-26(33)24(34-23)17-19-4-7-21(27)8-5-19/h4-9,17-18H,2-3,10-16H2,1H3,(H,28,32)(H,29,33)/b24-17-. The van der Waals surface area contributed by atoms with Crippen molar-refractivity contribution in [3.8, 4) is 5.75 Å². The highest BCUT2D eigenvalue weighted by Gasteiger charge is 2.23. The maximum Gasteiger partial charge on any atom is 0.291 e. The topological polar surface area (TPSA) is 73.9 Å². The number of rotatable bonds is 8. The molecule has 2 N–H and O–H groups in total. The van der Waals surface area contributed by atoms with Gasteiger partial charge in [-0.05, 0) is 67.9 Å². The number of amides is 2. The van der Waals surface area contributed by atoms with Gasteiger partial charge >= 0.3 is 0 Å². The fourth-order valence-corrected chi connectivity index (χ4v) is 4.30. The first-order valence-corrected chi connectivity index (χ1v) is 12.2. The number of fused-ring (bicyclic) bond motifs is 1. The molecule has 2 aromatic rings. The molecular formula is C26H31ClN4O3. The highest BCUT2D eigenvalue weighted by Crippen LogP contribution is 2.32. The number of piperazine rings is 1. The first-order valence-electron chi connectivity index (χ1n) is 11.9. The Labute approximate surface area is 205 Å². The van der Waals surface area contributed by atoms with E-state index in [9.17, 15) is 9.59 Å². The number of hydrogen-bond acceptors (Lipinski definition) is 5. The average molecular weight is 483 g/mol. The minimum absolute atomic E-state index is 0.160. The van der Waals surface area contributed by atoms with E-state index in [-0.39, 0.29) is 17.6 Å². The van der Waals surface area contributed by atoms with Crippen molar-refractivity contribution in [2.75, 3.05) is 51.1 Å². The molecule has 2 amide bonds. The molecule has 0 spiro atoms. The highest BCUT2D eigenvalue weighted by molar-refractivity contribution is 6.30. The van der Waals surface area contributed by atoms with Gasteiger partial charge in [0.05, 0.1) is 5.69 Å². The average Bonchev–Trinajstić information content (AvgIpc) is 2.84. The summed E-state index contributed by atoms with van der Waals surface area (Å²) in [6.45, 7) is 9.42. The van der Waals surface area contributed by atoms with Crippen molar-refractivity contribution in [3.05, 3.63) is 64.4 Å². The first-order chi connectivity index (χ1) is 16.5. The van der Waals surface area contributed by atoms with Gasteiger partial charge in [0.2, 0.25) is 0 Å². The maximum absolute atomic E-state index is 12.6. The lowest BCUT2D eigenvalue weighted by Crippen LogP contribution is -2.47. The SMILES string of the molecule is CCCN1CCN(CCCNC(=O)c2ccc3c(c2)NC(=O)/C(=C/c2ccc(Cl)cc2)O3)CC1. The van der Waals surface area contributed by atoms with Gasteiger partial charge in [0, 0.05) is 43.3 Å². The molecule has 2 aromatic carbocycles. The third-order valence-electron chi connectivity index (χ3n) is 6.04. The Morgan fingerprint density at radius 2 is 1.79 bits per heavy atom. The fraction of sp³-hybridized carbons (Fsp3) is 0.385. The second-order valence-corrected chi connectivity index (χ2v) is 9.06. The second-order valence-electron chi connectivity index (χ2n) is 8.62. The van der Waals surface area contributed by atoms with Gasteiger partial charge in [0.1, 0.15) is 0 Å². The maximum atomic E-state index is 12.6. The molecule has 2 aliphatic rings. The number of benzene rings is 2. The van der Waals surface area contributed by atoms with E-state index in [1.807, 2.05) is 0 Å². The molecule has 2 aliphatic heterocycles. The van der Waals surface area contributed by atoms with E-state index in [1.54, 1.807) is 48.5 Å². The molecule has 1 fully saturated rings. The van der Waals surface area contributed by atoms with Gasteiger partial charge in [-0.2, -0.15) is 0 Å². The van der Waals surface area contributed by atoms with Crippen molar-refractivity contribution in [3.63, 3.8) is 0 Å². The number of ether oxygens (including phenoxy) is 1. The van der Waals surface area contributed by atoms with Gasteiger partial charge in [-0.1, -0.05) is 30.7 Å². The van der Waals surface area contributed by atoms with Crippen molar-refractivity contribution in [2.45, 2.75) is 19.8 Å². The monoisotopic (exact) mass is 482 g/mol. The molecule has 0 saturated carbocycles. The minimum Gasteiger partial charge on any atom is -0.449 e. The molecule has 2 heterocycles. The largest absolute Gasteiger partial charge is 0.449 e. The minimum atomic E-state index is -0.362. The van der Waals surface area contributed by atoms with E-state index in [4.69, 9.17) is 16.3 Å². The van der Waals surface area contributed by atoms with Crippen molar-refractivity contribution < 1.29 is 14.3 Å². The molecule has 0 bridgehead atoms. The Morgan fingerprint density at radius 1 is 1.09 bits per heavy atom. The van der Waals surface area contributed by atoms with Gasteiger partial charge in [0.15, 0.2) is 11.5 Å². The Bertz CT molecular complexity index is 1050. The third kappa shape index (κ3) is 6.38. The smallest absolute Gasteiger partial charge is 0.291 e. The Balaban J connectivity index is 1.27. The zero-order valence-corrected chi connectivity index (χ0v) is 20.2. The summed E-state index contributed by atoms with van der Waals surface area (Å²) in [5, 5.41) is 6.41. The van der Waals surface area contributed by atoms with Crippen LogP contribution in [-0.2, 0) is 4.79 Å². The molecule has 180 valence electrons. The Morgan fingerprint density at radius 3 is 2.50 bits per heavy atom. The summed E-state index contributed by atoms with van der Waals surface area (Å²) in [6, 6.07) is 12.2. The molecule has 1 saturated heterocycles. The Kier molecular flexibility index (Phi) is 8.21. The summed E-state index contributed by atoms with van der Waals surface area (Å²) in [5.41, 5.74) is 1.77. The molecule has 8 heteroatoms. The predicted molar refractivity (Wildman–Crippen MR) is 135 cm³/mol. The van der Waals surface area contributed by atoms with Crippen molar-refractivity contribution in [1.82, 2.24) is 15.1 Å². The molecule has 34 heavy (non-hydrogen) atoms. The van der Waals surface area contributed by atoms with E-state index in [0.29, 0.717) is 28.6 Å². The summed E-state index contributed by atoms with van der Waals surface area (Å²) in [4.78, 5) is 30.1. The van der Waals surface area contributed by atoms with E-state index in [2.05, 4.69) is 27.4 Å². The summed E-state index contributed by atoms with van der Waals surface area (Å²) in [6.07, 6.45) is 3.76.